The van der Waals surface area contributed by atoms with Crippen LogP contribution >= 0.6 is 0 Å². The second-order valence-electron chi connectivity index (χ2n) is 5.32. The van der Waals surface area contributed by atoms with Crippen LogP contribution in [0.25, 0.3) is 22.3 Å². The van der Waals surface area contributed by atoms with Gasteiger partial charge in [0.2, 0.25) is 0 Å². The third kappa shape index (κ3) is 2.43. The fourth-order valence-corrected chi connectivity index (χ4v) is 2.65. The van der Waals surface area contributed by atoms with Gasteiger partial charge in [-0.05, 0) is 36.1 Å². The lowest BCUT2D eigenvalue weighted by molar-refractivity contribution is 0.479. The predicted octanol–water partition coefficient (Wildman–Crippen LogP) is 5.34. The zero-order valence-corrected chi connectivity index (χ0v) is 12.3. The van der Waals surface area contributed by atoms with Gasteiger partial charge in [-0.15, -0.1) is 0 Å². The highest BCUT2D eigenvalue weighted by molar-refractivity contribution is 5.83. The van der Waals surface area contributed by atoms with Gasteiger partial charge in [0.1, 0.15) is 5.75 Å². The highest BCUT2D eigenvalue weighted by Crippen LogP contribution is 2.39. The van der Waals surface area contributed by atoms with Crippen molar-refractivity contribution in [3.63, 3.8) is 0 Å². The third-order valence-corrected chi connectivity index (χ3v) is 4.02. The maximum Gasteiger partial charge on any atom is 0.131 e. The summed E-state index contributed by atoms with van der Waals surface area (Å²) in [4.78, 5) is 0. The normalized spacial score (nSPS) is 10.6. The van der Waals surface area contributed by atoms with E-state index in [-0.39, 0.29) is 0 Å². The number of phenolic OH excluding ortho intramolecular Hbond substituents is 1. The third-order valence-electron chi connectivity index (χ3n) is 4.02. The fraction of sp³-hybridized carbons (Fsp3) is 0.100. The molecule has 0 unspecified atom stereocenters. The fourth-order valence-electron chi connectivity index (χ4n) is 2.65. The van der Waals surface area contributed by atoms with Crippen LogP contribution in [0.1, 0.15) is 11.1 Å². The second kappa shape index (κ2) is 5.45. The van der Waals surface area contributed by atoms with Crippen molar-refractivity contribution < 1.29 is 5.11 Å². The first-order chi connectivity index (χ1) is 10.2. The minimum absolute atomic E-state index is 0.345. The van der Waals surface area contributed by atoms with Gasteiger partial charge in [0.05, 0.1) is 0 Å². The van der Waals surface area contributed by atoms with E-state index in [0.29, 0.717) is 5.75 Å². The van der Waals surface area contributed by atoms with Crippen molar-refractivity contribution in [2.75, 3.05) is 0 Å². The number of phenols is 1. The minimum Gasteiger partial charge on any atom is -0.507 e. The lowest BCUT2D eigenvalue weighted by Gasteiger charge is -2.13. The van der Waals surface area contributed by atoms with Crippen LogP contribution in [0.5, 0.6) is 5.75 Å². The monoisotopic (exact) mass is 274 g/mol. The van der Waals surface area contributed by atoms with Crippen LogP contribution in [0.3, 0.4) is 0 Å². The zero-order chi connectivity index (χ0) is 14.8. The van der Waals surface area contributed by atoms with E-state index < -0.39 is 0 Å². The van der Waals surface area contributed by atoms with Crippen molar-refractivity contribution in [3.05, 3.63) is 77.9 Å². The Morgan fingerprint density at radius 1 is 0.619 bits per heavy atom. The zero-order valence-electron chi connectivity index (χ0n) is 12.3. The highest BCUT2D eigenvalue weighted by atomic mass is 16.3. The number of hydrogen-bond donors (Lipinski definition) is 1. The van der Waals surface area contributed by atoms with Crippen molar-refractivity contribution in [1.29, 1.82) is 0 Å². The van der Waals surface area contributed by atoms with Gasteiger partial charge in [0.25, 0.3) is 0 Å². The van der Waals surface area contributed by atoms with Crippen molar-refractivity contribution >= 4 is 0 Å². The summed E-state index contributed by atoms with van der Waals surface area (Å²) in [6.07, 6.45) is 0. The van der Waals surface area contributed by atoms with Gasteiger partial charge in [0.15, 0.2) is 0 Å². The van der Waals surface area contributed by atoms with Crippen molar-refractivity contribution in [2.24, 2.45) is 0 Å². The number of aryl methyl sites for hydroxylation is 1. The molecule has 0 amide bonds. The smallest absolute Gasteiger partial charge is 0.131 e. The molecule has 1 heteroatoms. The lowest BCUT2D eigenvalue weighted by atomic mass is 9.93. The molecular weight excluding hydrogens is 256 g/mol. The van der Waals surface area contributed by atoms with Crippen LogP contribution < -0.4 is 0 Å². The molecule has 0 atom stereocenters. The summed E-state index contributed by atoms with van der Waals surface area (Å²) in [5.41, 5.74) is 6.31. The first-order valence-corrected chi connectivity index (χ1v) is 7.12. The van der Waals surface area contributed by atoms with Gasteiger partial charge in [-0.3, -0.25) is 0 Å². The van der Waals surface area contributed by atoms with E-state index in [2.05, 4.69) is 26.0 Å². The molecule has 3 aromatic rings. The molecule has 0 aliphatic rings. The van der Waals surface area contributed by atoms with Gasteiger partial charge in [-0.2, -0.15) is 0 Å². The summed E-state index contributed by atoms with van der Waals surface area (Å²) in [6, 6.07) is 22.1. The molecule has 0 heterocycles. The van der Waals surface area contributed by atoms with Crippen molar-refractivity contribution in [2.45, 2.75) is 13.8 Å². The summed E-state index contributed by atoms with van der Waals surface area (Å²) in [5.74, 6) is 0.345. The molecule has 0 aliphatic carbocycles. The van der Waals surface area contributed by atoms with E-state index in [1.54, 1.807) is 0 Å². The summed E-state index contributed by atoms with van der Waals surface area (Å²) in [6.45, 7) is 4.19. The van der Waals surface area contributed by atoms with Gasteiger partial charge in [0, 0.05) is 11.1 Å². The van der Waals surface area contributed by atoms with Crippen LogP contribution in [-0.4, -0.2) is 5.11 Å². The summed E-state index contributed by atoms with van der Waals surface area (Å²) in [7, 11) is 0. The quantitative estimate of drug-likeness (QED) is 0.668. The summed E-state index contributed by atoms with van der Waals surface area (Å²) in [5, 5.41) is 10.7. The molecule has 0 fully saturated rings. The Morgan fingerprint density at radius 2 is 1.24 bits per heavy atom. The molecule has 1 nitrogen and oxygen atoms in total. The predicted molar refractivity (Wildman–Crippen MR) is 88.5 cm³/mol. The van der Waals surface area contributed by atoms with Crippen molar-refractivity contribution in [1.82, 2.24) is 0 Å². The average Bonchev–Trinajstić information content (AvgIpc) is 2.52. The Morgan fingerprint density at radius 3 is 2.00 bits per heavy atom. The number of hydrogen-bond acceptors (Lipinski definition) is 1. The van der Waals surface area contributed by atoms with E-state index >= 15 is 0 Å². The summed E-state index contributed by atoms with van der Waals surface area (Å²) < 4.78 is 0. The Bertz CT molecular complexity index is 773. The van der Waals surface area contributed by atoms with Gasteiger partial charge in [-0.25, -0.2) is 0 Å². The maximum atomic E-state index is 10.7. The standard InChI is InChI=1S/C20H18O/c1-14-8-6-11-17(15(14)2)19-13-7-12-18(20(19)21)16-9-4-3-5-10-16/h3-13,21H,1-2H3. The second-order valence-corrected chi connectivity index (χ2v) is 5.32. The molecule has 104 valence electrons. The molecule has 0 spiro atoms. The van der Waals surface area contributed by atoms with E-state index in [9.17, 15) is 5.11 Å². The molecule has 0 radical (unpaired) electrons. The molecule has 1 N–H and O–H groups in total. The van der Waals surface area contributed by atoms with E-state index in [1.807, 2.05) is 54.6 Å². The molecule has 0 aromatic heterocycles. The van der Waals surface area contributed by atoms with Crippen LogP contribution in [0.15, 0.2) is 66.7 Å². The number of aromatic hydroxyl groups is 1. The number of para-hydroxylation sites is 1. The molecule has 3 aromatic carbocycles. The van der Waals surface area contributed by atoms with Gasteiger partial charge >= 0.3 is 0 Å². The van der Waals surface area contributed by atoms with E-state index in [1.165, 1.54) is 11.1 Å². The molecule has 0 saturated heterocycles. The molecule has 0 aliphatic heterocycles. The van der Waals surface area contributed by atoms with E-state index in [0.717, 1.165) is 22.3 Å². The minimum atomic E-state index is 0.345. The Labute approximate surface area is 125 Å². The largest absolute Gasteiger partial charge is 0.507 e. The molecule has 0 bridgehead atoms. The van der Waals surface area contributed by atoms with Crippen LogP contribution in [0.2, 0.25) is 0 Å². The lowest BCUT2D eigenvalue weighted by Crippen LogP contribution is -1.89. The molecule has 3 rings (SSSR count). The SMILES string of the molecule is Cc1cccc(-c2cccc(-c3ccccc3)c2O)c1C. The van der Waals surface area contributed by atoms with Gasteiger partial charge < -0.3 is 5.11 Å². The van der Waals surface area contributed by atoms with Crippen LogP contribution in [0, 0.1) is 13.8 Å². The topological polar surface area (TPSA) is 20.2 Å². The maximum absolute atomic E-state index is 10.7. The molecule has 0 saturated carbocycles. The van der Waals surface area contributed by atoms with E-state index in [4.69, 9.17) is 0 Å². The Hall–Kier alpha value is -2.54. The van der Waals surface area contributed by atoms with Gasteiger partial charge in [-0.1, -0.05) is 66.7 Å². The molecule has 21 heavy (non-hydrogen) atoms. The number of rotatable bonds is 2. The van der Waals surface area contributed by atoms with Crippen molar-refractivity contribution in [3.8, 4) is 28.0 Å². The molecular formula is C20H18O. The highest BCUT2D eigenvalue weighted by Gasteiger charge is 2.12. The first-order valence-electron chi connectivity index (χ1n) is 7.12. The van der Waals surface area contributed by atoms with Crippen LogP contribution in [-0.2, 0) is 0 Å². The Balaban J connectivity index is 2.20. The average molecular weight is 274 g/mol. The first kappa shape index (κ1) is 13.4. The number of benzene rings is 3. The summed E-state index contributed by atoms with van der Waals surface area (Å²) >= 11 is 0. The van der Waals surface area contributed by atoms with Crippen LogP contribution in [0.4, 0.5) is 0 Å². The Kier molecular flexibility index (Phi) is 3.49.